The third kappa shape index (κ3) is 5.86. The van der Waals surface area contributed by atoms with Crippen LogP contribution in [0.1, 0.15) is 47.8 Å². The van der Waals surface area contributed by atoms with Gasteiger partial charge in [0.1, 0.15) is 11.3 Å². The van der Waals surface area contributed by atoms with Gasteiger partial charge >= 0.3 is 0 Å². The molecule has 0 saturated carbocycles. The first-order valence-corrected chi connectivity index (χ1v) is 13.2. The zero-order chi connectivity index (χ0) is 27.7. The summed E-state index contributed by atoms with van der Waals surface area (Å²) >= 11 is 0. The molecular weight excluding hydrogens is 675 g/mol. The fourth-order valence-electron chi connectivity index (χ4n) is 5.08. The fraction of sp³-hybridized carbons (Fsp3) is 0.200. The number of phenols is 1. The van der Waals surface area contributed by atoms with E-state index in [-0.39, 0.29) is 31.6 Å². The number of hydrogen-bond acceptors (Lipinski definition) is 4. The van der Waals surface area contributed by atoms with Gasteiger partial charge in [-0.25, -0.2) is 0 Å². The minimum absolute atomic E-state index is 0. The van der Waals surface area contributed by atoms with Crippen LogP contribution in [0.2, 0.25) is 0 Å². The number of para-hydroxylation sites is 2. The van der Waals surface area contributed by atoms with Crippen molar-refractivity contribution in [2.45, 2.75) is 41.0 Å². The average molecular weight is 707 g/mol. The molecule has 0 aliphatic carbocycles. The number of hydrogen-bond donors (Lipinski definition) is 1. The van der Waals surface area contributed by atoms with Crippen molar-refractivity contribution >= 4 is 38.5 Å². The quantitative estimate of drug-likeness (QED) is 0.147. The molecule has 0 aliphatic heterocycles. The molecule has 4 aromatic carbocycles. The number of fused-ring (bicyclic) bond motifs is 4. The van der Waals surface area contributed by atoms with E-state index < -0.39 is 0 Å². The summed E-state index contributed by atoms with van der Waals surface area (Å²) in [5.41, 5.74) is 7.67. The second-order valence-corrected chi connectivity index (χ2v) is 10.5. The smallest absolute Gasteiger partial charge is 0.163 e. The predicted octanol–water partition coefficient (Wildman–Crippen LogP) is 9.01. The normalized spacial score (nSPS) is 10.9. The van der Waals surface area contributed by atoms with E-state index >= 15 is 0 Å². The van der Waals surface area contributed by atoms with Crippen LogP contribution in [0.15, 0.2) is 83.4 Å². The Balaban J connectivity index is 0.000000287. The van der Waals surface area contributed by atoms with Crippen molar-refractivity contribution in [1.29, 1.82) is 0 Å². The minimum Gasteiger partial charge on any atom is -0.507 e. The molecular formula is C35H32IrNO3-. The molecule has 1 N–H and O–H groups in total. The molecule has 6 rings (SSSR count). The van der Waals surface area contributed by atoms with Gasteiger partial charge in [-0.3, -0.25) is 4.79 Å². The van der Waals surface area contributed by atoms with Crippen LogP contribution in [0.25, 0.3) is 44.0 Å². The summed E-state index contributed by atoms with van der Waals surface area (Å²) in [5.74, 6) is 0.574. The van der Waals surface area contributed by atoms with E-state index in [9.17, 15) is 4.79 Å². The Kier molecular flexibility index (Phi) is 8.88. The van der Waals surface area contributed by atoms with E-state index in [4.69, 9.17) is 14.5 Å². The number of aryl methyl sites for hydroxylation is 2. The van der Waals surface area contributed by atoms with Crippen molar-refractivity contribution in [3.05, 3.63) is 107 Å². The van der Waals surface area contributed by atoms with E-state index in [0.717, 1.165) is 56.1 Å². The summed E-state index contributed by atoms with van der Waals surface area (Å²) in [6.07, 6.45) is 2.98. The number of nitrogens with zero attached hydrogens (tertiary/aromatic N) is 1. The first-order chi connectivity index (χ1) is 18.7. The number of benzene rings is 4. The number of aromatic nitrogens is 1. The molecule has 205 valence electrons. The van der Waals surface area contributed by atoms with Gasteiger partial charge < -0.3 is 14.5 Å². The van der Waals surface area contributed by atoms with Crippen molar-refractivity contribution in [2.24, 2.45) is 5.92 Å². The maximum atomic E-state index is 10.7. The molecule has 5 heteroatoms. The number of carbonyl (C=O) groups is 1. The molecule has 6 aromatic rings. The molecule has 0 amide bonds. The predicted molar refractivity (Wildman–Crippen MR) is 159 cm³/mol. The Morgan fingerprint density at radius 2 is 1.70 bits per heavy atom. The van der Waals surface area contributed by atoms with Gasteiger partial charge in [0, 0.05) is 31.7 Å². The van der Waals surface area contributed by atoms with E-state index in [1.807, 2.05) is 6.20 Å². The summed E-state index contributed by atoms with van der Waals surface area (Å²) in [7, 11) is 0. The van der Waals surface area contributed by atoms with Crippen LogP contribution < -0.4 is 0 Å². The summed E-state index contributed by atoms with van der Waals surface area (Å²) in [5, 5.41) is 13.7. The standard InChI is InChI=1S/C27H24NO.C8H8O2.Ir/c1-16(2)12-19-8-9-21-20(15-19)10-11-28-25(21)24-14-17(3)13-23-22-7-5-6-18(4)26(22)29-27(23)24;1-6(9)7-4-2-3-5-8(7)10;/h5-11,13,15-16H,12H2,1-4H3;2-5,10H,1H3;/q-1;;. The van der Waals surface area contributed by atoms with Crippen molar-refractivity contribution in [1.82, 2.24) is 4.98 Å². The van der Waals surface area contributed by atoms with E-state index in [0.29, 0.717) is 11.5 Å². The largest absolute Gasteiger partial charge is 0.507 e. The fourth-order valence-corrected chi connectivity index (χ4v) is 5.08. The summed E-state index contributed by atoms with van der Waals surface area (Å²) in [6.45, 7) is 10.1. The van der Waals surface area contributed by atoms with E-state index in [1.165, 1.54) is 23.9 Å². The molecule has 40 heavy (non-hydrogen) atoms. The molecule has 0 unspecified atom stereocenters. The van der Waals surface area contributed by atoms with Gasteiger partial charge in [-0.05, 0) is 72.0 Å². The Hall–Kier alpha value is -3.79. The number of furan rings is 1. The van der Waals surface area contributed by atoms with Crippen molar-refractivity contribution in [2.75, 3.05) is 0 Å². The van der Waals surface area contributed by atoms with Gasteiger partial charge in [0.15, 0.2) is 5.78 Å². The van der Waals surface area contributed by atoms with Crippen molar-refractivity contribution in [3.8, 4) is 17.0 Å². The van der Waals surface area contributed by atoms with Crippen molar-refractivity contribution < 1.29 is 34.4 Å². The summed E-state index contributed by atoms with van der Waals surface area (Å²) in [4.78, 5) is 15.5. The van der Waals surface area contributed by atoms with Gasteiger partial charge in [-0.15, -0.1) is 17.7 Å². The van der Waals surface area contributed by atoms with Gasteiger partial charge in [0.2, 0.25) is 0 Å². The summed E-state index contributed by atoms with van der Waals surface area (Å²) in [6, 6.07) is 27.3. The molecule has 2 aromatic heterocycles. The van der Waals surface area contributed by atoms with Crippen LogP contribution in [0, 0.1) is 25.8 Å². The second-order valence-electron chi connectivity index (χ2n) is 10.5. The number of carbonyl (C=O) groups excluding carboxylic acids is 1. The molecule has 2 heterocycles. The van der Waals surface area contributed by atoms with E-state index in [2.05, 4.69) is 82.3 Å². The van der Waals surface area contributed by atoms with Crippen LogP contribution in [-0.4, -0.2) is 15.9 Å². The monoisotopic (exact) mass is 707 g/mol. The Bertz CT molecular complexity index is 1830. The third-order valence-electron chi connectivity index (χ3n) is 6.85. The van der Waals surface area contributed by atoms with Gasteiger partial charge in [-0.1, -0.05) is 80.3 Å². The maximum absolute atomic E-state index is 10.7. The van der Waals surface area contributed by atoms with Gasteiger partial charge in [0.25, 0.3) is 0 Å². The molecule has 1 radical (unpaired) electrons. The van der Waals surface area contributed by atoms with E-state index in [1.54, 1.807) is 18.2 Å². The minimum atomic E-state index is -0.113. The zero-order valence-electron chi connectivity index (χ0n) is 23.3. The van der Waals surface area contributed by atoms with Crippen molar-refractivity contribution in [3.63, 3.8) is 0 Å². The first-order valence-electron chi connectivity index (χ1n) is 13.2. The number of aromatic hydroxyl groups is 1. The molecule has 0 bridgehead atoms. The molecule has 0 fully saturated rings. The Morgan fingerprint density at radius 1 is 0.925 bits per heavy atom. The second kappa shape index (κ2) is 12.2. The van der Waals surface area contributed by atoms with Crippen LogP contribution in [0.3, 0.4) is 0 Å². The zero-order valence-corrected chi connectivity index (χ0v) is 25.7. The molecule has 0 saturated heterocycles. The van der Waals surface area contributed by atoms with Crippen LogP contribution in [-0.2, 0) is 26.5 Å². The third-order valence-corrected chi connectivity index (χ3v) is 6.85. The SMILES string of the molecule is CC(=O)c1ccccc1O.Cc1[c-]c(-c2nccc3cc(CC(C)C)ccc23)c2oc3c(C)cccc3c2c1.[Ir]. The number of pyridine rings is 1. The van der Waals surface area contributed by atoms with Gasteiger partial charge in [-0.2, -0.15) is 0 Å². The van der Waals surface area contributed by atoms with Crippen LogP contribution in [0.4, 0.5) is 0 Å². The van der Waals surface area contributed by atoms with Crippen LogP contribution >= 0.6 is 0 Å². The molecule has 0 atom stereocenters. The van der Waals surface area contributed by atoms with Crippen LogP contribution in [0.5, 0.6) is 5.75 Å². The first kappa shape index (κ1) is 29.2. The maximum Gasteiger partial charge on any atom is 0.163 e. The molecule has 4 nitrogen and oxygen atoms in total. The Labute approximate surface area is 248 Å². The van der Waals surface area contributed by atoms with Gasteiger partial charge in [0.05, 0.1) is 11.1 Å². The topological polar surface area (TPSA) is 63.3 Å². The molecule has 0 spiro atoms. The summed E-state index contributed by atoms with van der Waals surface area (Å²) < 4.78 is 6.38. The number of rotatable bonds is 4. The number of phenolic OH excluding ortho intramolecular Hbond substituents is 1. The number of Topliss-reactive ketones (excluding diaryl/α,β-unsaturated/α-hetero) is 1. The Morgan fingerprint density at radius 3 is 2.40 bits per heavy atom. The average Bonchev–Trinajstić information content (AvgIpc) is 3.28. The molecule has 0 aliphatic rings. The number of ketones is 1.